The summed E-state index contributed by atoms with van der Waals surface area (Å²) in [5.74, 6) is -2.58. The maximum Gasteiger partial charge on any atom is 0.250 e. The van der Waals surface area contributed by atoms with Crippen LogP contribution in [0.5, 0.6) is 0 Å². The van der Waals surface area contributed by atoms with Crippen molar-refractivity contribution in [2.24, 2.45) is 11.3 Å². The lowest BCUT2D eigenvalue weighted by molar-refractivity contribution is -0.188. The summed E-state index contributed by atoms with van der Waals surface area (Å²) in [5, 5.41) is 0. The standard InChI is InChI=1S/C10H16F2O/c1-4-8(13)9(7(2)3)5-10(11,12)6-9/h7H,4-6H2,1-3H3. The molecule has 0 unspecified atom stereocenters. The summed E-state index contributed by atoms with van der Waals surface area (Å²) in [6, 6.07) is 0. The van der Waals surface area contributed by atoms with E-state index < -0.39 is 11.3 Å². The van der Waals surface area contributed by atoms with Crippen LogP contribution in [0.3, 0.4) is 0 Å². The molecule has 76 valence electrons. The molecule has 1 aliphatic rings. The molecule has 3 heteroatoms. The molecule has 0 spiro atoms. The number of Topliss-reactive ketones (excluding diaryl/α,β-unsaturated/α-hetero) is 1. The predicted octanol–water partition coefficient (Wildman–Crippen LogP) is 3.04. The smallest absolute Gasteiger partial charge is 0.250 e. The first-order valence-corrected chi connectivity index (χ1v) is 4.75. The van der Waals surface area contributed by atoms with Crippen LogP contribution in [0.15, 0.2) is 0 Å². The number of ketones is 1. The van der Waals surface area contributed by atoms with Gasteiger partial charge in [0.25, 0.3) is 0 Å². The zero-order valence-electron chi connectivity index (χ0n) is 8.36. The lowest BCUT2D eigenvalue weighted by atomic mass is 9.57. The van der Waals surface area contributed by atoms with Crippen LogP contribution in [-0.4, -0.2) is 11.7 Å². The molecule has 0 aliphatic heterocycles. The van der Waals surface area contributed by atoms with Crippen molar-refractivity contribution in [3.8, 4) is 0 Å². The van der Waals surface area contributed by atoms with Gasteiger partial charge in [-0.3, -0.25) is 4.79 Å². The highest BCUT2D eigenvalue weighted by atomic mass is 19.3. The fourth-order valence-electron chi connectivity index (χ4n) is 2.15. The highest BCUT2D eigenvalue weighted by Gasteiger charge is 2.60. The predicted molar refractivity (Wildman–Crippen MR) is 46.8 cm³/mol. The van der Waals surface area contributed by atoms with E-state index in [2.05, 4.69) is 0 Å². The molecule has 0 saturated heterocycles. The number of carbonyl (C=O) groups is 1. The van der Waals surface area contributed by atoms with Gasteiger partial charge in [-0.2, -0.15) is 0 Å². The summed E-state index contributed by atoms with van der Waals surface area (Å²) in [4.78, 5) is 11.5. The minimum absolute atomic E-state index is 0.00609. The molecule has 0 radical (unpaired) electrons. The molecular formula is C10H16F2O. The average molecular weight is 190 g/mol. The third kappa shape index (κ3) is 1.61. The molecule has 0 aromatic rings. The van der Waals surface area contributed by atoms with Crippen LogP contribution in [0.25, 0.3) is 0 Å². The maximum absolute atomic E-state index is 12.7. The number of hydrogen-bond acceptors (Lipinski definition) is 1. The van der Waals surface area contributed by atoms with Gasteiger partial charge in [0.2, 0.25) is 5.92 Å². The molecule has 0 bridgehead atoms. The molecule has 0 aromatic heterocycles. The topological polar surface area (TPSA) is 17.1 Å². The second kappa shape index (κ2) is 3.03. The van der Waals surface area contributed by atoms with Gasteiger partial charge in [0.1, 0.15) is 5.78 Å². The van der Waals surface area contributed by atoms with Crippen molar-refractivity contribution in [2.45, 2.75) is 46.0 Å². The van der Waals surface area contributed by atoms with Crippen LogP contribution < -0.4 is 0 Å². The molecule has 13 heavy (non-hydrogen) atoms. The fraction of sp³-hybridized carbons (Fsp3) is 0.900. The van der Waals surface area contributed by atoms with E-state index >= 15 is 0 Å². The molecule has 0 atom stereocenters. The van der Waals surface area contributed by atoms with E-state index in [1.165, 1.54) is 0 Å². The Morgan fingerprint density at radius 1 is 1.38 bits per heavy atom. The van der Waals surface area contributed by atoms with Crippen molar-refractivity contribution < 1.29 is 13.6 Å². The molecule has 0 aromatic carbocycles. The molecular weight excluding hydrogens is 174 g/mol. The first kappa shape index (κ1) is 10.6. The SMILES string of the molecule is CCC(=O)C1(C(C)C)CC(F)(F)C1. The minimum Gasteiger partial charge on any atom is -0.299 e. The van der Waals surface area contributed by atoms with Crippen LogP contribution in [0.4, 0.5) is 8.78 Å². The van der Waals surface area contributed by atoms with Crippen molar-refractivity contribution in [3.63, 3.8) is 0 Å². The van der Waals surface area contributed by atoms with Gasteiger partial charge in [0.05, 0.1) is 0 Å². The summed E-state index contributed by atoms with van der Waals surface area (Å²) in [6.07, 6.45) is -0.122. The van der Waals surface area contributed by atoms with Crippen molar-refractivity contribution in [2.75, 3.05) is 0 Å². The van der Waals surface area contributed by atoms with E-state index in [0.717, 1.165) is 0 Å². The molecule has 1 aliphatic carbocycles. The summed E-state index contributed by atoms with van der Waals surface area (Å²) in [5.41, 5.74) is -0.724. The normalized spacial score (nSPS) is 24.2. The van der Waals surface area contributed by atoms with Crippen LogP contribution in [0, 0.1) is 11.3 Å². The molecule has 1 fully saturated rings. The van der Waals surface area contributed by atoms with Gasteiger partial charge in [-0.1, -0.05) is 20.8 Å². The Morgan fingerprint density at radius 3 is 2.08 bits per heavy atom. The molecule has 0 amide bonds. The number of carbonyl (C=O) groups excluding carboxylic acids is 1. The van der Waals surface area contributed by atoms with E-state index in [4.69, 9.17) is 0 Å². The van der Waals surface area contributed by atoms with Gasteiger partial charge >= 0.3 is 0 Å². The van der Waals surface area contributed by atoms with E-state index in [0.29, 0.717) is 6.42 Å². The maximum atomic E-state index is 12.7. The first-order valence-electron chi connectivity index (χ1n) is 4.75. The van der Waals surface area contributed by atoms with Crippen LogP contribution in [-0.2, 0) is 4.79 Å². The molecule has 1 nitrogen and oxygen atoms in total. The summed E-state index contributed by atoms with van der Waals surface area (Å²) in [7, 11) is 0. The van der Waals surface area contributed by atoms with Gasteiger partial charge in [0, 0.05) is 24.7 Å². The number of rotatable bonds is 3. The van der Waals surface area contributed by atoms with Gasteiger partial charge in [0.15, 0.2) is 0 Å². The molecule has 1 rings (SSSR count). The zero-order valence-corrected chi connectivity index (χ0v) is 8.36. The quantitative estimate of drug-likeness (QED) is 0.668. The second-order valence-corrected chi connectivity index (χ2v) is 4.30. The van der Waals surface area contributed by atoms with Gasteiger partial charge in [-0.25, -0.2) is 8.78 Å². The monoisotopic (exact) mass is 190 g/mol. The largest absolute Gasteiger partial charge is 0.299 e. The average Bonchev–Trinajstić information content (AvgIpc) is 1.97. The number of alkyl halides is 2. The Kier molecular flexibility index (Phi) is 2.48. The number of halogens is 2. The van der Waals surface area contributed by atoms with Crippen LogP contribution in [0.2, 0.25) is 0 Å². The van der Waals surface area contributed by atoms with Gasteiger partial charge in [-0.15, -0.1) is 0 Å². The Morgan fingerprint density at radius 2 is 1.85 bits per heavy atom. The second-order valence-electron chi connectivity index (χ2n) is 4.30. The Balaban J connectivity index is 2.77. The van der Waals surface area contributed by atoms with Crippen molar-refractivity contribution in [1.29, 1.82) is 0 Å². The summed E-state index contributed by atoms with van der Waals surface area (Å²) in [6.45, 7) is 5.44. The Bertz CT molecular complexity index is 213. The van der Waals surface area contributed by atoms with Gasteiger partial charge < -0.3 is 0 Å². The summed E-state index contributed by atoms with van der Waals surface area (Å²) < 4.78 is 25.5. The molecule has 0 heterocycles. The van der Waals surface area contributed by atoms with E-state index in [1.807, 2.05) is 13.8 Å². The minimum atomic E-state index is -2.60. The summed E-state index contributed by atoms with van der Waals surface area (Å²) >= 11 is 0. The van der Waals surface area contributed by atoms with Crippen molar-refractivity contribution >= 4 is 5.78 Å². The first-order chi connectivity index (χ1) is 5.84. The highest BCUT2D eigenvalue weighted by molar-refractivity contribution is 5.86. The van der Waals surface area contributed by atoms with Crippen molar-refractivity contribution in [1.82, 2.24) is 0 Å². The van der Waals surface area contributed by atoms with Crippen molar-refractivity contribution in [3.05, 3.63) is 0 Å². The zero-order chi connectivity index (χ0) is 10.3. The van der Waals surface area contributed by atoms with Crippen LogP contribution >= 0.6 is 0 Å². The highest BCUT2D eigenvalue weighted by Crippen LogP contribution is 2.56. The third-order valence-electron chi connectivity index (χ3n) is 3.13. The fourth-order valence-corrected chi connectivity index (χ4v) is 2.15. The van der Waals surface area contributed by atoms with Gasteiger partial charge in [-0.05, 0) is 5.92 Å². The number of hydrogen-bond donors (Lipinski definition) is 0. The molecule has 0 N–H and O–H groups in total. The lowest BCUT2D eigenvalue weighted by Gasteiger charge is -2.49. The van der Waals surface area contributed by atoms with E-state index in [-0.39, 0.29) is 24.5 Å². The Hall–Kier alpha value is -0.470. The Labute approximate surface area is 77.5 Å². The van der Waals surface area contributed by atoms with E-state index in [1.54, 1.807) is 6.92 Å². The third-order valence-corrected chi connectivity index (χ3v) is 3.13. The molecule has 1 saturated carbocycles. The lowest BCUT2D eigenvalue weighted by Crippen LogP contribution is -2.53. The van der Waals surface area contributed by atoms with E-state index in [9.17, 15) is 13.6 Å². The van der Waals surface area contributed by atoms with Crippen LogP contribution in [0.1, 0.15) is 40.0 Å².